The number of aliphatic carboxylic acids is 1. The van der Waals surface area contributed by atoms with Crippen LogP contribution in [0.5, 0.6) is 0 Å². The number of hydrogen-bond acceptors (Lipinski definition) is 4. The van der Waals surface area contributed by atoms with Crippen LogP contribution < -0.4 is 5.32 Å². The van der Waals surface area contributed by atoms with Crippen molar-refractivity contribution >= 4 is 23.8 Å². The number of aromatic amines is 1. The Balaban J connectivity index is 2.65. The lowest BCUT2D eigenvalue weighted by molar-refractivity contribution is -0.139. The van der Waals surface area contributed by atoms with Gasteiger partial charge in [0.25, 0.3) is 0 Å². The molecule has 0 aliphatic rings. The summed E-state index contributed by atoms with van der Waals surface area (Å²) in [6.45, 7) is 2.00. The molecule has 21 heavy (non-hydrogen) atoms. The molecule has 2 amide bonds. The molecule has 0 saturated carbocycles. The minimum absolute atomic E-state index is 0.0848. The second-order valence-corrected chi connectivity index (χ2v) is 5.66. The summed E-state index contributed by atoms with van der Waals surface area (Å²) in [6.07, 6.45) is 6.01. The van der Waals surface area contributed by atoms with Crippen molar-refractivity contribution < 1.29 is 14.7 Å². The third-order valence-corrected chi connectivity index (χ3v) is 3.99. The topological polar surface area (TPSA) is 98.3 Å². The third kappa shape index (κ3) is 5.30. The Hall–Kier alpha value is -1.70. The van der Waals surface area contributed by atoms with E-state index in [1.165, 1.54) is 6.33 Å². The highest BCUT2D eigenvalue weighted by atomic mass is 32.2. The molecule has 2 atom stereocenters. The number of nitrogens with zero attached hydrogens (tertiary/aromatic N) is 2. The van der Waals surface area contributed by atoms with E-state index in [1.807, 2.05) is 13.2 Å². The van der Waals surface area contributed by atoms with E-state index in [2.05, 4.69) is 15.3 Å². The van der Waals surface area contributed by atoms with Crippen molar-refractivity contribution in [1.82, 2.24) is 20.2 Å². The number of carboxylic acids is 1. The number of urea groups is 1. The van der Waals surface area contributed by atoms with Crippen LogP contribution in [0.25, 0.3) is 0 Å². The van der Waals surface area contributed by atoms with E-state index in [1.54, 1.807) is 29.9 Å². The molecule has 1 heterocycles. The van der Waals surface area contributed by atoms with Crippen molar-refractivity contribution in [2.24, 2.45) is 0 Å². The fourth-order valence-electron chi connectivity index (χ4n) is 1.93. The van der Waals surface area contributed by atoms with E-state index in [0.29, 0.717) is 5.69 Å². The van der Waals surface area contributed by atoms with Crippen LogP contribution in [0.1, 0.15) is 19.0 Å². The van der Waals surface area contributed by atoms with Crippen LogP contribution in [0.2, 0.25) is 0 Å². The molecule has 0 radical (unpaired) electrons. The number of nitrogens with one attached hydrogen (secondary N) is 2. The number of thioether (sulfide) groups is 1. The Morgan fingerprint density at radius 3 is 2.76 bits per heavy atom. The van der Waals surface area contributed by atoms with Gasteiger partial charge in [-0.15, -0.1) is 0 Å². The largest absolute Gasteiger partial charge is 0.480 e. The van der Waals surface area contributed by atoms with Crippen molar-refractivity contribution in [3.8, 4) is 0 Å². The maximum atomic E-state index is 12.2. The molecule has 0 aliphatic heterocycles. The summed E-state index contributed by atoms with van der Waals surface area (Å²) >= 11 is 1.66. The third-order valence-electron chi connectivity index (χ3n) is 3.27. The molecule has 8 heteroatoms. The molecular weight excluding hydrogens is 292 g/mol. The van der Waals surface area contributed by atoms with Crippen molar-refractivity contribution in [2.45, 2.75) is 31.8 Å². The van der Waals surface area contributed by atoms with E-state index in [4.69, 9.17) is 0 Å². The first kappa shape index (κ1) is 17.4. The summed E-state index contributed by atoms with van der Waals surface area (Å²) < 4.78 is 0. The fraction of sp³-hybridized carbons (Fsp3) is 0.615. The highest BCUT2D eigenvalue weighted by molar-refractivity contribution is 7.98. The Morgan fingerprint density at radius 2 is 2.29 bits per heavy atom. The summed E-state index contributed by atoms with van der Waals surface area (Å²) in [5, 5.41) is 11.8. The summed E-state index contributed by atoms with van der Waals surface area (Å²) in [5.74, 6) is -0.247. The number of carbonyl (C=O) groups is 2. The van der Waals surface area contributed by atoms with Gasteiger partial charge in [-0.2, -0.15) is 11.8 Å². The fourth-order valence-corrected chi connectivity index (χ4v) is 2.77. The van der Waals surface area contributed by atoms with Crippen LogP contribution in [0.3, 0.4) is 0 Å². The van der Waals surface area contributed by atoms with Gasteiger partial charge in [-0.3, -0.25) is 0 Å². The maximum Gasteiger partial charge on any atom is 0.326 e. The summed E-state index contributed by atoms with van der Waals surface area (Å²) in [4.78, 5) is 31.7. The SMILES string of the molecule is CCC(CSC)N(C)C(=O)NC(Cc1cnc[nH]1)C(=O)O. The second kappa shape index (κ2) is 8.56. The van der Waals surface area contributed by atoms with Crippen molar-refractivity contribution in [2.75, 3.05) is 19.1 Å². The molecule has 1 aromatic heterocycles. The monoisotopic (exact) mass is 314 g/mol. The molecule has 0 aromatic carbocycles. The predicted molar refractivity (Wildman–Crippen MR) is 82.5 cm³/mol. The quantitative estimate of drug-likeness (QED) is 0.669. The first-order valence-electron chi connectivity index (χ1n) is 6.71. The highest BCUT2D eigenvalue weighted by Crippen LogP contribution is 2.09. The molecule has 0 saturated heterocycles. The molecule has 0 bridgehead atoms. The molecule has 0 spiro atoms. The maximum absolute atomic E-state index is 12.2. The first-order valence-corrected chi connectivity index (χ1v) is 8.11. The van der Waals surface area contributed by atoms with Crippen LogP contribution in [0, 0.1) is 0 Å². The molecule has 1 rings (SSSR count). The predicted octanol–water partition coefficient (Wildman–Crippen LogP) is 1.19. The van der Waals surface area contributed by atoms with Crippen LogP contribution in [-0.2, 0) is 11.2 Å². The van der Waals surface area contributed by atoms with Gasteiger partial charge >= 0.3 is 12.0 Å². The van der Waals surface area contributed by atoms with E-state index >= 15 is 0 Å². The Kier molecular flexibility index (Phi) is 7.07. The van der Waals surface area contributed by atoms with Crippen LogP contribution in [0.4, 0.5) is 4.79 Å². The average molecular weight is 314 g/mol. The number of imidazole rings is 1. The van der Waals surface area contributed by atoms with E-state index < -0.39 is 12.0 Å². The molecule has 2 unspecified atom stereocenters. The minimum Gasteiger partial charge on any atom is -0.480 e. The lowest BCUT2D eigenvalue weighted by Crippen LogP contribution is -2.51. The van der Waals surface area contributed by atoms with Gasteiger partial charge in [0.05, 0.1) is 6.33 Å². The van der Waals surface area contributed by atoms with Gasteiger partial charge in [-0.1, -0.05) is 6.92 Å². The van der Waals surface area contributed by atoms with Crippen LogP contribution >= 0.6 is 11.8 Å². The Bertz CT molecular complexity index is 452. The molecular formula is C13H22N4O3S. The Morgan fingerprint density at radius 1 is 1.57 bits per heavy atom. The van der Waals surface area contributed by atoms with E-state index in [0.717, 1.165) is 12.2 Å². The number of amides is 2. The molecule has 0 aliphatic carbocycles. The van der Waals surface area contributed by atoms with Crippen LogP contribution in [-0.4, -0.2) is 63.1 Å². The number of carboxylic acid groups (broad SMARTS) is 1. The van der Waals surface area contributed by atoms with Gasteiger partial charge in [-0.25, -0.2) is 14.6 Å². The number of hydrogen-bond donors (Lipinski definition) is 3. The smallest absolute Gasteiger partial charge is 0.326 e. The highest BCUT2D eigenvalue weighted by Gasteiger charge is 2.25. The van der Waals surface area contributed by atoms with E-state index in [-0.39, 0.29) is 18.5 Å². The first-order chi connectivity index (χ1) is 9.99. The normalized spacial score (nSPS) is 13.5. The van der Waals surface area contributed by atoms with Gasteiger partial charge in [0.1, 0.15) is 6.04 Å². The minimum atomic E-state index is -1.07. The molecule has 3 N–H and O–H groups in total. The van der Waals surface area contributed by atoms with Crippen LogP contribution in [0.15, 0.2) is 12.5 Å². The second-order valence-electron chi connectivity index (χ2n) is 4.75. The lowest BCUT2D eigenvalue weighted by atomic mass is 10.1. The zero-order valence-electron chi connectivity index (χ0n) is 12.5. The molecule has 118 valence electrons. The summed E-state index contributed by atoms with van der Waals surface area (Å²) in [5.41, 5.74) is 0.668. The zero-order valence-corrected chi connectivity index (χ0v) is 13.3. The van der Waals surface area contributed by atoms with Crippen molar-refractivity contribution in [3.63, 3.8) is 0 Å². The number of H-pyrrole nitrogens is 1. The molecule has 0 fully saturated rings. The zero-order chi connectivity index (χ0) is 15.8. The Labute approximate surface area is 128 Å². The summed E-state index contributed by atoms with van der Waals surface area (Å²) in [7, 11) is 1.69. The van der Waals surface area contributed by atoms with Gasteiger partial charge in [0, 0.05) is 37.2 Å². The number of rotatable bonds is 8. The van der Waals surface area contributed by atoms with Gasteiger partial charge in [-0.05, 0) is 12.7 Å². The average Bonchev–Trinajstić information content (AvgIpc) is 2.96. The molecule has 7 nitrogen and oxygen atoms in total. The van der Waals surface area contributed by atoms with Crippen molar-refractivity contribution in [3.05, 3.63) is 18.2 Å². The van der Waals surface area contributed by atoms with E-state index in [9.17, 15) is 14.7 Å². The van der Waals surface area contributed by atoms with Crippen molar-refractivity contribution in [1.29, 1.82) is 0 Å². The summed E-state index contributed by atoms with van der Waals surface area (Å²) in [6, 6.07) is -1.27. The standard InChI is InChI=1S/C13H22N4O3S/c1-4-10(7-21-3)17(2)13(20)16-11(12(18)19)5-9-6-14-8-15-9/h6,8,10-11H,4-5,7H2,1-3H3,(H,14,15)(H,16,20)(H,18,19). The molecule has 1 aromatic rings. The van der Waals surface area contributed by atoms with Gasteiger partial charge < -0.3 is 20.3 Å². The number of carbonyl (C=O) groups excluding carboxylic acids is 1. The van der Waals surface area contributed by atoms with Gasteiger partial charge in [0.2, 0.25) is 0 Å². The van der Waals surface area contributed by atoms with Gasteiger partial charge in [0.15, 0.2) is 0 Å². The number of aromatic nitrogens is 2. The lowest BCUT2D eigenvalue weighted by Gasteiger charge is -2.28.